The third-order valence-corrected chi connectivity index (χ3v) is 14.7. The first-order valence-corrected chi connectivity index (χ1v) is 22.3. The van der Waals surface area contributed by atoms with E-state index >= 15 is 0 Å². The molecule has 10 aromatic carbocycles. The molecule has 0 amide bonds. The van der Waals surface area contributed by atoms with Gasteiger partial charge in [0.15, 0.2) is 0 Å². The van der Waals surface area contributed by atoms with Crippen molar-refractivity contribution in [3.63, 3.8) is 0 Å². The predicted octanol–water partition coefficient (Wildman–Crippen LogP) is 16.9. The molecule has 0 fully saturated rings. The van der Waals surface area contributed by atoms with E-state index in [1.165, 1.54) is 108 Å². The molecular weight excluding hydrogens is 769 g/mol. The summed E-state index contributed by atoms with van der Waals surface area (Å²) in [6, 6.07) is 76.5. The first-order chi connectivity index (χ1) is 30.5. The van der Waals surface area contributed by atoms with Crippen molar-refractivity contribution in [3.05, 3.63) is 217 Å². The molecule has 0 saturated heterocycles. The van der Waals surface area contributed by atoms with Gasteiger partial charge in [-0.15, -0.1) is 11.3 Å². The molecule has 0 aliphatic heterocycles. The van der Waals surface area contributed by atoms with Crippen molar-refractivity contribution in [2.45, 2.75) is 19.3 Å². The highest BCUT2D eigenvalue weighted by Crippen LogP contribution is 2.51. The summed E-state index contributed by atoms with van der Waals surface area (Å²) in [5.74, 6) is 0. The fourth-order valence-corrected chi connectivity index (χ4v) is 11.8. The monoisotopic (exact) mass is 808 g/mol. The molecule has 2 nitrogen and oxygen atoms in total. The van der Waals surface area contributed by atoms with Crippen LogP contribution < -0.4 is 4.90 Å². The lowest BCUT2D eigenvalue weighted by molar-refractivity contribution is 0.660. The van der Waals surface area contributed by atoms with Crippen LogP contribution in [-0.2, 0) is 5.41 Å². The van der Waals surface area contributed by atoms with Crippen LogP contribution >= 0.6 is 11.3 Å². The molecule has 0 unspecified atom stereocenters. The second-order valence-corrected chi connectivity index (χ2v) is 18.4. The first-order valence-electron chi connectivity index (χ1n) is 21.5. The smallest absolute Gasteiger partial charge is 0.0625 e. The summed E-state index contributed by atoms with van der Waals surface area (Å²) in [6.45, 7) is 4.72. The van der Waals surface area contributed by atoms with E-state index in [4.69, 9.17) is 0 Å². The quantitative estimate of drug-likeness (QED) is 0.157. The zero-order chi connectivity index (χ0) is 41.1. The topological polar surface area (TPSA) is 8.17 Å². The van der Waals surface area contributed by atoms with E-state index in [2.05, 4.69) is 230 Å². The van der Waals surface area contributed by atoms with Crippen molar-refractivity contribution in [3.8, 4) is 27.9 Å². The standard InChI is InChI=1S/C59H40N2S/c1-59(2)52-24-14-13-21-45(52)46-30-27-42(36-53(46)59)60(39-15-5-3-6-16-39)41-28-32-55-50(35-41)47-29-25-38(34-56(47)62-55)37-26-31-54-51(33-37)57-48-22-11-9-19-43(48)44-20-10-12-23-49(44)58(57)61(54)40-17-7-4-8-18-40/h3-36H,1-2H3. The van der Waals surface area contributed by atoms with Crippen LogP contribution in [0.2, 0.25) is 0 Å². The number of fused-ring (bicyclic) bond motifs is 14. The van der Waals surface area contributed by atoms with Gasteiger partial charge in [0.25, 0.3) is 0 Å². The maximum Gasteiger partial charge on any atom is 0.0625 e. The molecule has 1 aliphatic rings. The van der Waals surface area contributed by atoms with E-state index < -0.39 is 0 Å². The Balaban J connectivity index is 0.959. The molecule has 62 heavy (non-hydrogen) atoms. The van der Waals surface area contributed by atoms with Crippen LogP contribution in [0, 0.1) is 0 Å². The van der Waals surface area contributed by atoms with Gasteiger partial charge < -0.3 is 9.47 Å². The van der Waals surface area contributed by atoms with Gasteiger partial charge in [-0.3, -0.25) is 0 Å². The van der Waals surface area contributed by atoms with E-state index in [0.29, 0.717) is 0 Å². The Bertz CT molecular complexity index is 3780. The maximum atomic E-state index is 2.47. The number of thiophene rings is 1. The van der Waals surface area contributed by atoms with Gasteiger partial charge in [-0.1, -0.05) is 147 Å². The fraction of sp³-hybridized carbons (Fsp3) is 0.0508. The first kappa shape index (κ1) is 35.3. The molecule has 0 saturated carbocycles. The van der Waals surface area contributed by atoms with Gasteiger partial charge in [0.2, 0.25) is 0 Å². The van der Waals surface area contributed by atoms with E-state index in [1.54, 1.807) is 0 Å². The number of para-hydroxylation sites is 2. The van der Waals surface area contributed by atoms with Crippen molar-refractivity contribution in [1.29, 1.82) is 0 Å². The van der Waals surface area contributed by atoms with Gasteiger partial charge in [-0.2, -0.15) is 0 Å². The van der Waals surface area contributed by atoms with Crippen LogP contribution in [0.3, 0.4) is 0 Å². The minimum absolute atomic E-state index is 0.0822. The number of hydrogen-bond acceptors (Lipinski definition) is 2. The number of rotatable bonds is 5. The van der Waals surface area contributed by atoms with Crippen LogP contribution in [0.15, 0.2) is 206 Å². The Labute approximate surface area is 364 Å². The summed E-state index contributed by atoms with van der Waals surface area (Å²) in [6.07, 6.45) is 0. The Morgan fingerprint density at radius 1 is 0.403 bits per heavy atom. The molecule has 292 valence electrons. The molecule has 13 rings (SSSR count). The summed E-state index contributed by atoms with van der Waals surface area (Å²) >= 11 is 1.88. The second kappa shape index (κ2) is 13.3. The second-order valence-electron chi connectivity index (χ2n) is 17.3. The zero-order valence-electron chi connectivity index (χ0n) is 34.4. The number of nitrogens with zero attached hydrogens (tertiary/aromatic N) is 2. The molecule has 1 aliphatic carbocycles. The molecule has 0 bridgehead atoms. The summed E-state index contributed by atoms with van der Waals surface area (Å²) in [5, 5.41) is 10.3. The Hall–Kier alpha value is -7.46. The fourth-order valence-electron chi connectivity index (χ4n) is 10.6. The average molecular weight is 809 g/mol. The largest absolute Gasteiger partial charge is 0.310 e. The summed E-state index contributed by atoms with van der Waals surface area (Å²) in [4.78, 5) is 2.42. The minimum Gasteiger partial charge on any atom is -0.310 e. The minimum atomic E-state index is -0.0822. The summed E-state index contributed by atoms with van der Waals surface area (Å²) < 4.78 is 5.05. The predicted molar refractivity (Wildman–Crippen MR) is 266 cm³/mol. The lowest BCUT2D eigenvalue weighted by atomic mass is 9.82. The van der Waals surface area contributed by atoms with Gasteiger partial charge in [0.05, 0.1) is 11.0 Å². The lowest BCUT2D eigenvalue weighted by Crippen LogP contribution is -2.16. The molecule has 0 atom stereocenters. The lowest BCUT2D eigenvalue weighted by Gasteiger charge is -2.28. The third-order valence-electron chi connectivity index (χ3n) is 13.5. The highest BCUT2D eigenvalue weighted by molar-refractivity contribution is 7.25. The van der Waals surface area contributed by atoms with Gasteiger partial charge in [-0.05, 0) is 122 Å². The van der Waals surface area contributed by atoms with Gasteiger partial charge in [-0.25, -0.2) is 0 Å². The van der Waals surface area contributed by atoms with E-state index in [-0.39, 0.29) is 5.41 Å². The number of benzene rings is 10. The van der Waals surface area contributed by atoms with Crippen molar-refractivity contribution in [1.82, 2.24) is 4.57 Å². The molecule has 12 aromatic rings. The Morgan fingerprint density at radius 3 is 1.85 bits per heavy atom. The maximum absolute atomic E-state index is 2.47. The molecule has 0 radical (unpaired) electrons. The van der Waals surface area contributed by atoms with Crippen LogP contribution in [0.4, 0.5) is 17.1 Å². The molecule has 2 aromatic heterocycles. The van der Waals surface area contributed by atoms with Gasteiger partial charge >= 0.3 is 0 Å². The molecule has 0 N–H and O–H groups in total. The normalized spacial score (nSPS) is 13.1. The van der Waals surface area contributed by atoms with Crippen LogP contribution in [-0.4, -0.2) is 4.57 Å². The number of aromatic nitrogens is 1. The zero-order valence-corrected chi connectivity index (χ0v) is 35.2. The highest BCUT2D eigenvalue weighted by Gasteiger charge is 2.35. The van der Waals surface area contributed by atoms with Crippen molar-refractivity contribution in [2.75, 3.05) is 4.90 Å². The SMILES string of the molecule is CC1(C)c2ccccc2-c2ccc(N(c3ccccc3)c3ccc4sc5cc(-c6ccc7c(c6)c6c8ccccc8c8ccccc8c6n7-c6ccccc6)ccc5c4c3)cc21. The Morgan fingerprint density at radius 2 is 1.03 bits per heavy atom. The van der Waals surface area contributed by atoms with Crippen molar-refractivity contribution >= 4 is 91.9 Å². The molecule has 0 spiro atoms. The van der Waals surface area contributed by atoms with E-state index in [9.17, 15) is 0 Å². The van der Waals surface area contributed by atoms with Crippen LogP contribution in [0.25, 0.3) is 91.5 Å². The van der Waals surface area contributed by atoms with Crippen molar-refractivity contribution in [2.24, 2.45) is 0 Å². The van der Waals surface area contributed by atoms with E-state index in [0.717, 1.165) is 11.4 Å². The third kappa shape index (κ3) is 5.09. The average Bonchev–Trinajstić information content (AvgIpc) is 3.95. The number of anilines is 3. The number of hydrogen-bond donors (Lipinski definition) is 0. The van der Waals surface area contributed by atoms with Crippen LogP contribution in [0.5, 0.6) is 0 Å². The molecular formula is C59H40N2S. The molecule has 3 heteroatoms. The highest BCUT2D eigenvalue weighted by atomic mass is 32.1. The van der Waals surface area contributed by atoms with Gasteiger partial charge in [0.1, 0.15) is 0 Å². The van der Waals surface area contributed by atoms with Gasteiger partial charge in [0, 0.05) is 64.5 Å². The van der Waals surface area contributed by atoms with Crippen molar-refractivity contribution < 1.29 is 0 Å². The molecule has 2 heterocycles. The summed E-state index contributed by atoms with van der Waals surface area (Å²) in [5.41, 5.74) is 14.9. The Kier molecular flexibility index (Phi) is 7.56. The summed E-state index contributed by atoms with van der Waals surface area (Å²) in [7, 11) is 0. The van der Waals surface area contributed by atoms with E-state index in [1.807, 2.05) is 11.3 Å². The van der Waals surface area contributed by atoms with Crippen LogP contribution in [0.1, 0.15) is 25.0 Å².